The van der Waals surface area contributed by atoms with Gasteiger partial charge in [0.05, 0.1) is 29.1 Å². The Morgan fingerprint density at radius 3 is 1.58 bits per heavy atom. The van der Waals surface area contributed by atoms with Gasteiger partial charge in [0.1, 0.15) is 0 Å². The quantitative estimate of drug-likeness (QED) is 0.688. The van der Waals surface area contributed by atoms with Crippen molar-refractivity contribution < 1.29 is 16.8 Å². The molecule has 0 aromatic heterocycles. The van der Waals surface area contributed by atoms with Crippen LogP contribution in [0.2, 0.25) is 0 Å². The molecule has 1 N–H and O–H groups in total. The first kappa shape index (κ1) is 24.3. The topological polar surface area (TPSA) is 86.8 Å². The molecule has 3 fully saturated rings. The fourth-order valence-electron chi connectivity index (χ4n) is 4.59. The van der Waals surface area contributed by atoms with Gasteiger partial charge in [-0.2, -0.15) is 0 Å². The highest BCUT2D eigenvalue weighted by molar-refractivity contribution is 7.91. The fraction of sp³-hybridized carbons (Fsp3) is 0.500. The van der Waals surface area contributed by atoms with E-state index in [2.05, 4.69) is 75.8 Å². The molecule has 2 aromatic carbocycles. The van der Waals surface area contributed by atoms with E-state index in [0.29, 0.717) is 55.2 Å². The number of hydrogen-bond donors (Lipinski definition) is 1. The Kier molecular flexibility index (Phi) is 7.86. The molecule has 5 rings (SSSR count). The number of hydrogen-bond acceptors (Lipinski definition) is 7. The van der Waals surface area contributed by atoms with Crippen molar-refractivity contribution in [3.05, 3.63) is 71.8 Å². The van der Waals surface area contributed by atoms with Crippen molar-refractivity contribution in [2.45, 2.75) is 12.1 Å². The first-order valence-corrected chi connectivity index (χ1v) is 15.2. The second-order valence-corrected chi connectivity index (χ2v) is 13.5. The van der Waals surface area contributed by atoms with Crippen molar-refractivity contribution in [2.75, 3.05) is 62.3 Å². The summed E-state index contributed by atoms with van der Waals surface area (Å²) in [7, 11) is -5.45. The third-order valence-corrected chi connectivity index (χ3v) is 9.82. The van der Waals surface area contributed by atoms with E-state index < -0.39 is 19.7 Å². The Morgan fingerprint density at radius 1 is 0.697 bits per heavy atom. The van der Waals surface area contributed by atoms with Gasteiger partial charge in [0, 0.05) is 45.3 Å². The van der Waals surface area contributed by atoms with E-state index in [1.807, 2.05) is 0 Å². The van der Waals surface area contributed by atoms with Crippen LogP contribution in [-0.2, 0) is 19.7 Å². The molecule has 0 amide bonds. The Balaban J connectivity index is 0.000000275. The summed E-state index contributed by atoms with van der Waals surface area (Å²) in [5.74, 6) is 1.24. The molecule has 0 saturated carbocycles. The lowest BCUT2D eigenvalue weighted by Crippen LogP contribution is -2.62. The van der Waals surface area contributed by atoms with E-state index in [1.165, 1.54) is 11.1 Å². The summed E-state index contributed by atoms with van der Waals surface area (Å²) in [5.41, 5.74) is 2.63. The van der Waals surface area contributed by atoms with Gasteiger partial charge in [0.25, 0.3) is 0 Å². The summed E-state index contributed by atoms with van der Waals surface area (Å²) in [6, 6.07) is 22.0. The molecule has 2 aromatic rings. The molecule has 33 heavy (non-hydrogen) atoms. The maximum Gasteiger partial charge on any atom is 0.152 e. The van der Waals surface area contributed by atoms with Gasteiger partial charge in [-0.3, -0.25) is 9.80 Å². The van der Waals surface area contributed by atoms with Crippen molar-refractivity contribution in [3.8, 4) is 0 Å². The van der Waals surface area contributed by atoms with Crippen LogP contribution in [0.1, 0.15) is 17.2 Å². The minimum Gasteiger partial charge on any atom is -0.315 e. The summed E-state index contributed by atoms with van der Waals surface area (Å²) in [5, 5.41) is 2.96. The van der Waals surface area contributed by atoms with Crippen LogP contribution < -0.4 is 5.32 Å². The fourth-order valence-corrected chi connectivity index (χ4v) is 6.93. The minimum atomic E-state index is -2.80. The number of nitrogens with one attached hydrogen (secondary N) is 1. The number of sulfone groups is 2. The lowest BCUT2D eigenvalue weighted by Gasteiger charge is -2.50. The van der Waals surface area contributed by atoms with Gasteiger partial charge >= 0.3 is 0 Å². The lowest BCUT2D eigenvalue weighted by molar-refractivity contribution is 0.0184. The van der Waals surface area contributed by atoms with Crippen molar-refractivity contribution in [3.63, 3.8) is 0 Å². The number of benzene rings is 2. The van der Waals surface area contributed by atoms with Crippen LogP contribution in [0, 0.1) is 0 Å². The van der Waals surface area contributed by atoms with Gasteiger partial charge in [-0.15, -0.1) is 0 Å². The third kappa shape index (κ3) is 6.64. The first-order chi connectivity index (χ1) is 15.8. The highest BCUT2D eigenvalue weighted by atomic mass is 32.2. The molecule has 3 aliphatic rings. The van der Waals surface area contributed by atoms with E-state index in [-0.39, 0.29) is 6.04 Å². The van der Waals surface area contributed by atoms with Crippen molar-refractivity contribution >= 4 is 19.7 Å². The van der Waals surface area contributed by atoms with Gasteiger partial charge < -0.3 is 5.32 Å². The van der Waals surface area contributed by atoms with Crippen LogP contribution in [0.15, 0.2) is 60.7 Å². The van der Waals surface area contributed by atoms with Crippen molar-refractivity contribution in [1.29, 1.82) is 0 Å². The number of nitrogens with zero attached hydrogens (tertiary/aromatic N) is 2. The standard InChI is InChI=1S/C20H24N2O2S.C4H9NO2S/c23-25(24)13-11-21(12-14-25)19-15-22(16-19)20(17-7-3-1-4-8-17)18-9-5-2-6-10-18;6-8(7)3-1-5-2-4-8/h1-10,19-20H,11-16H2;5H,1-4H2. The number of likely N-dealkylation sites (tertiary alicyclic amines) is 1. The zero-order valence-corrected chi connectivity index (χ0v) is 20.5. The van der Waals surface area contributed by atoms with E-state index in [4.69, 9.17) is 0 Å². The number of rotatable bonds is 4. The first-order valence-electron chi connectivity index (χ1n) is 11.5. The Hall–Kier alpha value is -1.78. The molecule has 7 nitrogen and oxygen atoms in total. The normalized spacial score (nSPS) is 23.3. The largest absolute Gasteiger partial charge is 0.315 e. The van der Waals surface area contributed by atoms with Crippen LogP contribution in [-0.4, -0.2) is 95.0 Å². The summed E-state index contributed by atoms with van der Waals surface area (Å²) in [4.78, 5) is 4.85. The third-order valence-electron chi connectivity index (χ3n) is 6.56. The summed E-state index contributed by atoms with van der Waals surface area (Å²) < 4.78 is 44.5. The van der Waals surface area contributed by atoms with E-state index in [0.717, 1.165) is 13.1 Å². The maximum atomic E-state index is 11.6. The van der Waals surface area contributed by atoms with Gasteiger partial charge in [-0.05, 0) is 11.1 Å². The lowest BCUT2D eigenvalue weighted by atomic mass is 9.92. The van der Waals surface area contributed by atoms with Crippen molar-refractivity contribution in [1.82, 2.24) is 15.1 Å². The molecular weight excluding hydrogens is 458 g/mol. The van der Waals surface area contributed by atoms with Gasteiger partial charge in [-0.1, -0.05) is 60.7 Å². The Bertz CT molecular complexity index is 1040. The highest BCUT2D eigenvalue weighted by Gasteiger charge is 2.38. The van der Waals surface area contributed by atoms with Crippen LogP contribution in [0.5, 0.6) is 0 Å². The second-order valence-electron chi connectivity index (χ2n) is 8.92. The van der Waals surface area contributed by atoms with E-state index >= 15 is 0 Å². The van der Waals surface area contributed by atoms with Crippen LogP contribution >= 0.6 is 0 Å². The molecule has 0 spiro atoms. The average Bonchev–Trinajstić information content (AvgIpc) is 2.78. The molecule has 3 saturated heterocycles. The maximum absolute atomic E-state index is 11.6. The predicted molar refractivity (Wildman–Crippen MR) is 132 cm³/mol. The highest BCUT2D eigenvalue weighted by Crippen LogP contribution is 2.33. The zero-order chi connectivity index (χ0) is 23.3. The summed E-state index contributed by atoms with van der Waals surface area (Å²) in [6.07, 6.45) is 0. The van der Waals surface area contributed by atoms with Gasteiger partial charge in [0.15, 0.2) is 19.7 Å². The molecule has 0 radical (unpaired) electrons. The Labute approximate surface area is 197 Å². The molecule has 180 valence electrons. The molecule has 9 heteroatoms. The smallest absolute Gasteiger partial charge is 0.152 e. The SMILES string of the molecule is O=S1(=O)CCN(C2CN(C(c3ccccc3)c3ccccc3)C2)CC1.O=S1(=O)CCNCC1. The summed E-state index contributed by atoms with van der Waals surface area (Å²) >= 11 is 0. The molecule has 0 unspecified atom stereocenters. The molecule has 0 aliphatic carbocycles. The molecule has 0 atom stereocenters. The zero-order valence-electron chi connectivity index (χ0n) is 18.8. The molecular formula is C24H33N3O4S2. The van der Waals surface area contributed by atoms with E-state index in [1.54, 1.807) is 0 Å². The predicted octanol–water partition coefficient (Wildman–Crippen LogP) is 1.20. The van der Waals surface area contributed by atoms with Crippen LogP contribution in [0.25, 0.3) is 0 Å². The average molecular weight is 492 g/mol. The minimum absolute atomic E-state index is 0.271. The molecule has 0 bridgehead atoms. The van der Waals surface area contributed by atoms with Gasteiger partial charge in [-0.25, -0.2) is 16.8 Å². The van der Waals surface area contributed by atoms with E-state index in [9.17, 15) is 16.8 Å². The molecule has 3 heterocycles. The van der Waals surface area contributed by atoms with Crippen LogP contribution in [0.4, 0.5) is 0 Å². The van der Waals surface area contributed by atoms with Gasteiger partial charge in [0.2, 0.25) is 0 Å². The monoisotopic (exact) mass is 491 g/mol. The molecule has 3 aliphatic heterocycles. The van der Waals surface area contributed by atoms with Crippen LogP contribution in [0.3, 0.4) is 0 Å². The Morgan fingerprint density at radius 2 is 1.15 bits per heavy atom. The summed E-state index contributed by atoms with van der Waals surface area (Å²) in [6.45, 7) is 4.61. The second kappa shape index (κ2) is 10.7. The van der Waals surface area contributed by atoms with Crippen molar-refractivity contribution in [2.24, 2.45) is 0 Å².